The van der Waals surface area contributed by atoms with Gasteiger partial charge in [-0.2, -0.15) is 5.10 Å². The van der Waals surface area contributed by atoms with E-state index in [4.69, 9.17) is 9.47 Å². The Kier molecular flexibility index (Phi) is 7.64. The van der Waals surface area contributed by atoms with Crippen molar-refractivity contribution in [3.8, 4) is 0 Å². The summed E-state index contributed by atoms with van der Waals surface area (Å²) >= 11 is 0. The lowest BCUT2D eigenvalue weighted by Gasteiger charge is -2.22. The smallest absolute Gasteiger partial charge is 0.273 e. The first-order valence-corrected chi connectivity index (χ1v) is 11.4. The molecular formula is C24H32N6O3. The zero-order chi connectivity index (χ0) is 23.2. The van der Waals surface area contributed by atoms with Crippen LogP contribution in [0.5, 0.6) is 0 Å². The van der Waals surface area contributed by atoms with E-state index in [9.17, 15) is 4.79 Å². The Balaban J connectivity index is 1.59. The number of nitrogens with one attached hydrogen (secondary N) is 2. The van der Waals surface area contributed by atoms with E-state index in [-0.39, 0.29) is 5.91 Å². The summed E-state index contributed by atoms with van der Waals surface area (Å²) in [5.41, 5.74) is 9.10. The molecule has 1 aliphatic heterocycles. The molecule has 0 atom stereocenters. The lowest BCUT2D eigenvalue weighted by Crippen LogP contribution is -2.32. The van der Waals surface area contributed by atoms with Crippen molar-refractivity contribution in [1.82, 2.24) is 25.3 Å². The number of carbonyl (C=O) groups is 1. The first-order valence-electron chi connectivity index (χ1n) is 11.4. The third-order valence-corrected chi connectivity index (χ3v) is 6.16. The van der Waals surface area contributed by atoms with Crippen LogP contribution in [0.4, 0.5) is 0 Å². The quantitative estimate of drug-likeness (QED) is 0.478. The summed E-state index contributed by atoms with van der Waals surface area (Å²) in [6, 6.07) is 1.76. The topological polar surface area (TPSA) is 105 Å². The molecule has 9 heteroatoms. The second-order valence-corrected chi connectivity index (χ2v) is 8.46. The molecule has 0 spiro atoms. The van der Waals surface area contributed by atoms with Gasteiger partial charge in [-0.3, -0.25) is 9.69 Å². The van der Waals surface area contributed by atoms with Crippen LogP contribution in [0.15, 0.2) is 29.3 Å². The molecule has 33 heavy (non-hydrogen) atoms. The number of H-pyrrole nitrogens is 1. The summed E-state index contributed by atoms with van der Waals surface area (Å²) in [5.74, 6) is 0.316. The van der Waals surface area contributed by atoms with Crippen molar-refractivity contribution in [2.75, 3.05) is 47.1 Å². The molecule has 0 aromatic carbocycles. The number of carbonyl (C=O) groups excluding carboxylic acids is 1. The number of aromatic amines is 1. The maximum Gasteiger partial charge on any atom is 0.273 e. The number of nitrogens with zero attached hydrogens (tertiary/aromatic N) is 4. The largest absolute Gasteiger partial charge is 0.383 e. The number of aryl methyl sites for hydroxylation is 1. The summed E-state index contributed by atoms with van der Waals surface area (Å²) in [6.45, 7) is 6.18. The van der Waals surface area contributed by atoms with Gasteiger partial charge in [0.1, 0.15) is 12.0 Å². The molecular weight excluding hydrogens is 420 g/mol. The summed E-state index contributed by atoms with van der Waals surface area (Å²) in [6.07, 6.45) is 8.33. The van der Waals surface area contributed by atoms with Gasteiger partial charge in [0.25, 0.3) is 5.91 Å². The number of hydrogen-bond acceptors (Lipinski definition) is 7. The number of hydrogen-bond donors (Lipinski definition) is 2. The molecule has 2 aliphatic rings. The fraction of sp³-hybridized carbons (Fsp3) is 0.500. The van der Waals surface area contributed by atoms with E-state index in [1.807, 2.05) is 6.08 Å². The van der Waals surface area contributed by atoms with Crippen LogP contribution in [0.3, 0.4) is 0 Å². The minimum atomic E-state index is -0.218. The van der Waals surface area contributed by atoms with Crippen LogP contribution < -0.4 is 5.43 Å². The van der Waals surface area contributed by atoms with Gasteiger partial charge in [-0.25, -0.2) is 15.4 Å². The van der Waals surface area contributed by atoms with Crippen molar-refractivity contribution in [3.05, 3.63) is 52.4 Å². The molecule has 1 aliphatic carbocycles. The molecule has 0 unspecified atom stereocenters. The Labute approximate surface area is 194 Å². The third kappa shape index (κ3) is 5.55. The molecule has 2 N–H and O–H groups in total. The summed E-state index contributed by atoms with van der Waals surface area (Å²) in [7, 11) is 3.46. The number of rotatable bonds is 12. The summed E-state index contributed by atoms with van der Waals surface area (Å²) < 4.78 is 10.6. The van der Waals surface area contributed by atoms with Gasteiger partial charge in [-0.1, -0.05) is 0 Å². The Morgan fingerprint density at radius 3 is 2.58 bits per heavy atom. The van der Waals surface area contributed by atoms with E-state index in [0.29, 0.717) is 36.1 Å². The highest BCUT2D eigenvalue weighted by molar-refractivity contribution is 6.32. The molecule has 3 heterocycles. The van der Waals surface area contributed by atoms with Gasteiger partial charge >= 0.3 is 0 Å². The lowest BCUT2D eigenvalue weighted by molar-refractivity contribution is -0.116. The molecule has 9 nitrogen and oxygen atoms in total. The van der Waals surface area contributed by atoms with Gasteiger partial charge in [0.2, 0.25) is 0 Å². The van der Waals surface area contributed by atoms with Gasteiger partial charge in [0.05, 0.1) is 24.5 Å². The Bertz CT molecular complexity index is 1020. The third-order valence-electron chi connectivity index (χ3n) is 6.16. The highest BCUT2D eigenvalue weighted by Gasteiger charge is 2.32. The molecule has 0 bridgehead atoms. The fourth-order valence-corrected chi connectivity index (χ4v) is 4.27. The van der Waals surface area contributed by atoms with Crippen molar-refractivity contribution >= 4 is 17.7 Å². The Morgan fingerprint density at radius 1 is 1.18 bits per heavy atom. The number of ether oxygens (including phenoxy) is 2. The first kappa shape index (κ1) is 23.3. The molecule has 2 aromatic rings. The van der Waals surface area contributed by atoms with E-state index >= 15 is 0 Å². The van der Waals surface area contributed by atoms with Crippen LogP contribution in [0.1, 0.15) is 47.0 Å². The van der Waals surface area contributed by atoms with Crippen molar-refractivity contribution in [2.24, 2.45) is 5.10 Å². The minimum Gasteiger partial charge on any atom is -0.383 e. The molecule has 4 rings (SSSR count). The van der Waals surface area contributed by atoms with Crippen molar-refractivity contribution in [2.45, 2.75) is 32.1 Å². The van der Waals surface area contributed by atoms with Crippen molar-refractivity contribution in [3.63, 3.8) is 0 Å². The summed E-state index contributed by atoms with van der Waals surface area (Å²) in [5, 5.41) is 4.21. The van der Waals surface area contributed by atoms with Crippen LogP contribution in [0.2, 0.25) is 0 Å². The number of methoxy groups -OCH3 is 2. The number of hydrazone groups is 1. The molecule has 1 fully saturated rings. The van der Waals surface area contributed by atoms with E-state index in [1.54, 1.807) is 26.5 Å². The highest BCUT2D eigenvalue weighted by atomic mass is 16.5. The minimum absolute atomic E-state index is 0.218. The number of aromatic nitrogens is 3. The van der Waals surface area contributed by atoms with Crippen molar-refractivity contribution in [1.29, 1.82) is 0 Å². The van der Waals surface area contributed by atoms with Crippen LogP contribution >= 0.6 is 0 Å². The maximum atomic E-state index is 12.6. The second-order valence-electron chi connectivity index (χ2n) is 8.46. The summed E-state index contributed by atoms with van der Waals surface area (Å²) in [4.78, 5) is 26.7. The van der Waals surface area contributed by atoms with Crippen LogP contribution in [-0.4, -0.2) is 78.5 Å². The molecule has 0 saturated heterocycles. The van der Waals surface area contributed by atoms with Crippen LogP contribution in [0.25, 0.3) is 6.08 Å². The van der Waals surface area contributed by atoms with Crippen molar-refractivity contribution < 1.29 is 14.3 Å². The average Bonchev–Trinajstić information content (AvgIpc) is 3.53. The van der Waals surface area contributed by atoms with Gasteiger partial charge < -0.3 is 14.5 Å². The zero-order valence-electron chi connectivity index (χ0n) is 19.6. The predicted octanol–water partition coefficient (Wildman–Crippen LogP) is 2.05. The lowest BCUT2D eigenvalue weighted by atomic mass is 9.98. The molecule has 1 amide bonds. The van der Waals surface area contributed by atoms with Gasteiger partial charge in [-0.05, 0) is 55.4 Å². The molecule has 2 aromatic heterocycles. The van der Waals surface area contributed by atoms with Gasteiger partial charge in [-0.15, -0.1) is 0 Å². The first-order chi connectivity index (χ1) is 16.1. The zero-order valence-corrected chi connectivity index (χ0v) is 19.6. The fourth-order valence-electron chi connectivity index (χ4n) is 4.27. The second kappa shape index (κ2) is 10.8. The predicted molar refractivity (Wildman–Crippen MR) is 126 cm³/mol. The maximum absolute atomic E-state index is 12.6. The molecule has 0 radical (unpaired) electrons. The van der Waals surface area contributed by atoms with Crippen LogP contribution in [-0.2, 0) is 20.7 Å². The molecule has 1 saturated carbocycles. The highest BCUT2D eigenvalue weighted by Crippen LogP contribution is 2.45. The Morgan fingerprint density at radius 2 is 1.94 bits per heavy atom. The SMILES string of the molecule is COCCN(CCOC)CCc1c(C)[nH]c(C=C2C(=O)NN=C2c2ccncn2)c1C1CC1. The standard InChI is InChI=1S/C24H32N6O3/c1-16-18(7-9-30(10-12-32-2)11-13-33-3)22(17-4-5-17)21(27-16)14-19-23(28-29-24(19)31)20-6-8-25-15-26-20/h6,8,14-15,17,27H,4-5,7,9-13H2,1-3H3,(H,29,31). The van der Waals surface area contributed by atoms with E-state index in [0.717, 1.165) is 37.4 Å². The van der Waals surface area contributed by atoms with Crippen LogP contribution in [0, 0.1) is 6.92 Å². The van der Waals surface area contributed by atoms with E-state index < -0.39 is 0 Å². The normalized spacial score (nSPS) is 17.2. The van der Waals surface area contributed by atoms with E-state index in [2.05, 4.69) is 37.3 Å². The molecule has 176 valence electrons. The monoisotopic (exact) mass is 452 g/mol. The van der Waals surface area contributed by atoms with Gasteiger partial charge in [0.15, 0.2) is 0 Å². The Hall–Kier alpha value is -2.88. The van der Waals surface area contributed by atoms with E-state index in [1.165, 1.54) is 30.3 Å². The average molecular weight is 453 g/mol. The van der Waals surface area contributed by atoms with Gasteiger partial charge in [0, 0.05) is 51.4 Å². The number of amides is 1.